The van der Waals surface area contributed by atoms with Gasteiger partial charge in [-0.1, -0.05) is 11.6 Å². The number of hydrogen-bond acceptors (Lipinski definition) is 2. The van der Waals surface area contributed by atoms with Crippen LogP contribution in [-0.2, 0) is 6.54 Å². The van der Waals surface area contributed by atoms with E-state index in [4.69, 9.17) is 11.6 Å². The first kappa shape index (κ1) is 12.4. The van der Waals surface area contributed by atoms with E-state index in [9.17, 15) is 0 Å². The first-order valence-corrected chi connectivity index (χ1v) is 6.42. The highest BCUT2D eigenvalue weighted by Crippen LogP contribution is 2.26. The van der Waals surface area contributed by atoms with Crippen LogP contribution in [0, 0.1) is 6.92 Å². The maximum absolute atomic E-state index is 5.89. The molecule has 88 valence electrons. The average Bonchev–Trinajstić information content (AvgIpc) is 2.30. The van der Waals surface area contributed by atoms with Crippen molar-refractivity contribution in [2.45, 2.75) is 13.5 Å². The van der Waals surface area contributed by atoms with Crippen LogP contribution in [0.4, 0.5) is 5.69 Å². The lowest BCUT2D eigenvalue weighted by Crippen LogP contribution is -2.02. The molecule has 17 heavy (non-hydrogen) atoms. The van der Waals surface area contributed by atoms with Gasteiger partial charge in [0.2, 0.25) is 0 Å². The van der Waals surface area contributed by atoms with Crippen LogP contribution in [0.5, 0.6) is 0 Å². The van der Waals surface area contributed by atoms with Gasteiger partial charge >= 0.3 is 0 Å². The molecule has 1 aromatic heterocycles. The number of aryl methyl sites for hydroxylation is 1. The maximum Gasteiger partial charge on any atom is 0.0488 e. The Kier molecular flexibility index (Phi) is 4.02. The van der Waals surface area contributed by atoms with Crippen molar-refractivity contribution in [2.75, 3.05) is 5.32 Å². The number of anilines is 1. The number of nitrogens with zero attached hydrogens (tertiary/aromatic N) is 1. The zero-order chi connectivity index (χ0) is 12.3. The van der Waals surface area contributed by atoms with E-state index in [2.05, 4.69) is 33.2 Å². The molecule has 0 atom stereocenters. The summed E-state index contributed by atoms with van der Waals surface area (Å²) in [7, 11) is 0. The monoisotopic (exact) mass is 310 g/mol. The van der Waals surface area contributed by atoms with Gasteiger partial charge in [0.15, 0.2) is 0 Å². The van der Waals surface area contributed by atoms with Gasteiger partial charge in [-0.3, -0.25) is 4.98 Å². The van der Waals surface area contributed by atoms with Crippen LogP contribution in [0.15, 0.2) is 41.1 Å². The molecule has 0 aliphatic carbocycles. The fourth-order valence-corrected chi connectivity index (χ4v) is 2.33. The standard InChI is InChI=1S/C13H12BrClN2/c1-9-4-5-16-7-10(9)8-17-13-3-2-11(15)6-12(13)14/h2-7,17H,8H2,1H3. The van der Waals surface area contributed by atoms with Gasteiger partial charge in [-0.05, 0) is 58.2 Å². The highest BCUT2D eigenvalue weighted by molar-refractivity contribution is 9.10. The molecule has 0 fully saturated rings. The summed E-state index contributed by atoms with van der Waals surface area (Å²) in [4.78, 5) is 4.12. The summed E-state index contributed by atoms with van der Waals surface area (Å²) in [5.41, 5.74) is 3.45. The van der Waals surface area contributed by atoms with Gasteiger partial charge in [-0.15, -0.1) is 0 Å². The minimum absolute atomic E-state index is 0.722. The Balaban J connectivity index is 2.10. The number of benzene rings is 1. The minimum Gasteiger partial charge on any atom is -0.380 e. The second kappa shape index (κ2) is 5.52. The quantitative estimate of drug-likeness (QED) is 0.907. The summed E-state index contributed by atoms with van der Waals surface area (Å²) in [6.07, 6.45) is 3.68. The Bertz CT molecular complexity index is 529. The Morgan fingerprint density at radius 3 is 2.88 bits per heavy atom. The maximum atomic E-state index is 5.89. The van der Waals surface area contributed by atoms with Crippen molar-refractivity contribution < 1.29 is 0 Å². The number of hydrogen-bond donors (Lipinski definition) is 1. The second-order valence-electron chi connectivity index (χ2n) is 3.78. The van der Waals surface area contributed by atoms with Crippen LogP contribution >= 0.6 is 27.5 Å². The van der Waals surface area contributed by atoms with Gasteiger partial charge < -0.3 is 5.32 Å². The van der Waals surface area contributed by atoms with Crippen LogP contribution in [0.2, 0.25) is 5.02 Å². The van der Waals surface area contributed by atoms with E-state index in [1.54, 1.807) is 6.20 Å². The van der Waals surface area contributed by atoms with E-state index in [1.807, 2.05) is 30.5 Å². The van der Waals surface area contributed by atoms with Crippen LogP contribution in [0.25, 0.3) is 0 Å². The first-order chi connectivity index (χ1) is 8.16. The largest absolute Gasteiger partial charge is 0.380 e. The predicted octanol–water partition coefficient (Wildman–Crippen LogP) is 4.42. The summed E-state index contributed by atoms with van der Waals surface area (Å²) in [5.74, 6) is 0. The van der Waals surface area contributed by atoms with E-state index in [0.717, 1.165) is 21.7 Å². The molecule has 0 radical (unpaired) electrons. The topological polar surface area (TPSA) is 24.9 Å². The lowest BCUT2D eigenvalue weighted by Gasteiger charge is -2.10. The molecule has 0 spiro atoms. The van der Waals surface area contributed by atoms with Crippen LogP contribution in [-0.4, -0.2) is 4.98 Å². The van der Waals surface area contributed by atoms with Crippen LogP contribution in [0.1, 0.15) is 11.1 Å². The third kappa shape index (κ3) is 3.20. The van der Waals surface area contributed by atoms with Gasteiger partial charge in [-0.2, -0.15) is 0 Å². The fourth-order valence-electron chi connectivity index (χ4n) is 1.51. The Labute approximate surface area is 114 Å². The Morgan fingerprint density at radius 2 is 2.18 bits per heavy atom. The Morgan fingerprint density at radius 1 is 1.35 bits per heavy atom. The molecule has 0 saturated heterocycles. The molecule has 1 aromatic carbocycles. The zero-order valence-corrected chi connectivity index (χ0v) is 11.7. The Hall–Kier alpha value is -1.06. The smallest absolute Gasteiger partial charge is 0.0488 e. The molecule has 0 unspecified atom stereocenters. The molecule has 1 N–H and O–H groups in total. The highest BCUT2D eigenvalue weighted by Gasteiger charge is 2.02. The lowest BCUT2D eigenvalue weighted by atomic mass is 10.1. The molecule has 2 rings (SSSR count). The van der Waals surface area contributed by atoms with Crippen molar-refractivity contribution in [3.63, 3.8) is 0 Å². The third-order valence-electron chi connectivity index (χ3n) is 2.55. The summed E-state index contributed by atoms with van der Waals surface area (Å²) in [6, 6.07) is 7.71. The van der Waals surface area contributed by atoms with Crippen molar-refractivity contribution in [3.05, 3.63) is 57.3 Å². The number of pyridine rings is 1. The van der Waals surface area contributed by atoms with Crippen molar-refractivity contribution in [2.24, 2.45) is 0 Å². The summed E-state index contributed by atoms with van der Waals surface area (Å²) in [6.45, 7) is 2.83. The second-order valence-corrected chi connectivity index (χ2v) is 5.07. The van der Waals surface area contributed by atoms with Gasteiger partial charge in [0.1, 0.15) is 0 Å². The highest BCUT2D eigenvalue weighted by atomic mass is 79.9. The van der Waals surface area contributed by atoms with Gasteiger partial charge in [0.25, 0.3) is 0 Å². The van der Waals surface area contributed by atoms with Gasteiger partial charge in [-0.25, -0.2) is 0 Å². The SMILES string of the molecule is Cc1ccncc1CNc1ccc(Cl)cc1Br. The third-order valence-corrected chi connectivity index (χ3v) is 3.44. The zero-order valence-electron chi connectivity index (χ0n) is 9.37. The van der Waals surface area contributed by atoms with Gasteiger partial charge in [0, 0.05) is 34.1 Å². The van der Waals surface area contributed by atoms with Crippen molar-refractivity contribution in [1.29, 1.82) is 0 Å². The van der Waals surface area contributed by atoms with Gasteiger partial charge in [0.05, 0.1) is 0 Å². The van der Waals surface area contributed by atoms with Crippen molar-refractivity contribution in [3.8, 4) is 0 Å². The first-order valence-electron chi connectivity index (χ1n) is 5.25. The summed E-state index contributed by atoms with van der Waals surface area (Å²) < 4.78 is 0.964. The number of nitrogens with one attached hydrogen (secondary N) is 1. The lowest BCUT2D eigenvalue weighted by molar-refractivity contribution is 1.08. The average molecular weight is 312 g/mol. The fraction of sp³-hybridized carbons (Fsp3) is 0.154. The summed E-state index contributed by atoms with van der Waals surface area (Å²) in [5, 5.41) is 4.07. The van der Waals surface area contributed by atoms with Crippen LogP contribution < -0.4 is 5.32 Å². The van der Waals surface area contributed by atoms with E-state index in [0.29, 0.717) is 0 Å². The van der Waals surface area contributed by atoms with E-state index >= 15 is 0 Å². The molecule has 2 nitrogen and oxygen atoms in total. The molecule has 0 aliphatic rings. The normalized spacial score (nSPS) is 10.3. The molecule has 2 aromatic rings. The molecule has 4 heteroatoms. The van der Waals surface area contributed by atoms with E-state index in [-0.39, 0.29) is 0 Å². The van der Waals surface area contributed by atoms with Crippen molar-refractivity contribution >= 4 is 33.2 Å². The molecule has 0 bridgehead atoms. The number of aromatic nitrogens is 1. The number of halogens is 2. The molecule has 0 amide bonds. The minimum atomic E-state index is 0.722. The van der Waals surface area contributed by atoms with E-state index < -0.39 is 0 Å². The summed E-state index contributed by atoms with van der Waals surface area (Å²) >= 11 is 9.37. The van der Waals surface area contributed by atoms with Crippen LogP contribution in [0.3, 0.4) is 0 Å². The van der Waals surface area contributed by atoms with E-state index in [1.165, 1.54) is 11.1 Å². The van der Waals surface area contributed by atoms with Crippen molar-refractivity contribution in [1.82, 2.24) is 4.98 Å². The molecular weight excluding hydrogens is 300 g/mol. The number of rotatable bonds is 3. The molecular formula is C13H12BrClN2. The molecule has 1 heterocycles. The molecule has 0 aliphatic heterocycles. The predicted molar refractivity (Wildman–Crippen MR) is 75.5 cm³/mol. The molecule has 0 saturated carbocycles.